The molecule has 2 amide bonds. The Bertz CT molecular complexity index is 721. The summed E-state index contributed by atoms with van der Waals surface area (Å²) in [7, 11) is 0. The molecule has 0 radical (unpaired) electrons. The first-order valence-corrected chi connectivity index (χ1v) is 7.42. The van der Waals surface area contributed by atoms with Crippen LogP contribution < -0.4 is 10.6 Å². The Morgan fingerprint density at radius 2 is 1.92 bits per heavy atom. The molecule has 0 atom stereocenters. The van der Waals surface area contributed by atoms with Crippen LogP contribution in [0.3, 0.4) is 0 Å². The lowest BCUT2D eigenvalue weighted by molar-refractivity contribution is -0.136. The summed E-state index contributed by atoms with van der Waals surface area (Å²) in [5, 5.41) is 18.2. The van der Waals surface area contributed by atoms with E-state index in [1.807, 2.05) is 20.8 Å². The lowest BCUT2D eigenvalue weighted by Gasteiger charge is -2.13. The molecule has 128 valence electrons. The Morgan fingerprint density at radius 3 is 2.50 bits per heavy atom. The van der Waals surface area contributed by atoms with E-state index in [0.29, 0.717) is 11.8 Å². The minimum Gasteiger partial charge on any atom is -0.481 e. The number of nitrogens with one attached hydrogen (secondary N) is 2. The van der Waals surface area contributed by atoms with E-state index in [1.165, 1.54) is 4.68 Å². The molecule has 2 aromatic heterocycles. The van der Waals surface area contributed by atoms with Crippen molar-refractivity contribution in [1.29, 1.82) is 0 Å². The second kappa shape index (κ2) is 7.07. The van der Waals surface area contributed by atoms with Crippen LogP contribution in [0.4, 0.5) is 10.6 Å². The smallest absolute Gasteiger partial charge is 0.320 e. The van der Waals surface area contributed by atoms with Gasteiger partial charge in [-0.3, -0.25) is 10.1 Å². The van der Waals surface area contributed by atoms with Gasteiger partial charge in [-0.2, -0.15) is 9.78 Å². The average molecular weight is 332 g/mol. The summed E-state index contributed by atoms with van der Waals surface area (Å²) in [4.78, 5) is 30.7. The van der Waals surface area contributed by atoms with Crippen molar-refractivity contribution in [3.63, 3.8) is 0 Å². The lowest BCUT2D eigenvalue weighted by atomic mass is 9.92. The molecule has 0 unspecified atom stereocenters. The Morgan fingerprint density at radius 1 is 1.25 bits per heavy atom. The number of aliphatic carboxylic acids is 1. The molecule has 2 heterocycles. The molecule has 24 heavy (non-hydrogen) atoms. The summed E-state index contributed by atoms with van der Waals surface area (Å²) < 4.78 is 1.44. The summed E-state index contributed by atoms with van der Waals surface area (Å²) in [6.07, 6.45) is 3.01. The van der Waals surface area contributed by atoms with Gasteiger partial charge >= 0.3 is 12.0 Å². The number of nitrogens with zero attached hydrogens (tertiary/aromatic N) is 4. The van der Waals surface area contributed by atoms with Crippen LogP contribution in [-0.2, 0) is 10.2 Å². The van der Waals surface area contributed by atoms with Gasteiger partial charge in [0.1, 0.15) is 5.82 Å². The number of carbonyl (C=O) groups excluding carboxylic acids is 1. The molecule has 9 nitrogen and oxygen atoms in total. The third kappa shape index (κ3) is 4.51. The van der Waals surface area contributed by atoms with Gasteiger partial charge in [0.2, 0.25) is 0 Å². The van der Waals surface area contributed by atoms with Gasteiger partial charge < -0.3 is 10.4 Å². The van der Waals surface area contributed by atoms with Crippen molar-refractivity contribution in [3.05, 3.63) is 30.2 Å². The normalized spacial score (nSPS) is 11.1. The van der Waals surface area contributed by atoms with Crippen molar-refractivity contribution in [3.8, 4) is 5.95 Å². The van der Waals surface area contributed by atoms with E-state index in [4.69, 9.17) is 5.11 Å². The summed E-state index contributed by atoms with van der Waals surface area (Å²) >= 11 is 0. The molecule has 3 N–H and O–H groups in total. The van der Waals surface area contributed by atoms with Crippen molar-refractivity contribution in [2.75, 3.05) is 11.9 Å². The fourth-order valence-electron chi connectivity index (χ4n) is 1.83. The topological polar surface area (TPSA) is 122 Å². The predicted octanol–water partition coefficient (Wildman–Crippen LogP) is 1.56. The number of carboxylic acid groups (broad SMARTS) is 1. The molecule has 0 bridgehead atoms. The van der Waals surface area contributed by atoms with Crippen LogP contribution in [0.1, 0.15) is 32.9 Å². The van der Waals surface area contributed by atoms with Crippen molar-refractivity contribution in [1.82, 2.24) is 25.1 Å². The van der Waals surface area contributed by atoms with Gasteiger partial charge in [-0.15, -0.1) is 0 Å². The standard InChI is InChI=1S/C15H20N6O3/c1-15(2,3)10-9-11(19-14(24)18-8-5-12(22)23)21(20-10)13-16-6-4-7-17-13/h4,6-7,9H,5,8H2,1-3H3,(H,22,23)(H2,18,19,24). The molecule has 0 saturated carbocycles. The number of urea groups is 1. The van der Waals surface area contributed by atoms with Gasteiger partial charge in [0.25, 0.3) is 5.95 Å². The van der Waals surface area contributed by atoms with E-state index in [2.05, 4.69) is 25.7 Å². The first kappa shape index (κ1) is 17.4. The molecule has 2 rings (SSSR count). The number of hydrogen-bond acceptors (Lipinski definition) is 5. The van der Waals surface area contributed by atoms with Crippen LogP contribution in [0.2, 0.25) is 0 Å². The number of rotatable bonds is 5. The number of carboxylic acids is 1. The van der Waals surface area contributed by atoms with Crippen molar-refractivity contribution >= 4 is 17.8 Å². The molecular weight excluding hydrogens is 312 g/mol. The highest BCUT2D eigenvalue weighted by atomic mass is 16.4. The summed E-state index contributed by atoms with van der Waals surface area (Å²) in [5.74, 6) is -0.249. The third-order valence-corrected chi connectivity index (χ3v) is 3.09. The molecule has 0 saturated heterocycles. The highest BCUT2D eigenvalue weighted by Crippen LogP contribution is 2.25. The molecular formula is C15H20N6O3. The van der Waals surface area contributed by atoms with Crippen molar-refractivity contribution in [2.45, 2.75) is 32.6 Å². The van der Waals surface area contributed by atoms with Gasteiger partial charge in [-0.05, 0) is 6.07 Å². The van der Waals surface area contributed by atoms with E-state index in [9.17, 15) is 9.59 Å². The third-order valence-electron chi connectivity index (χ3n) is 3.09. The van der Waals surface area contributed by atoms with E-state index in [1.54, 1.807) is 24.5 Å². The van der Waals surface area contributed by atoms with Gasteiger partial charge in [0, 0.05) is 30.4 Å². The van der Waals surface area contributed by atoms with Gasteiger partial charge in [0.15, 0.2) is 0 Å². The summed E-state index contributed by atoms with van der Waals surface area (Å²) in [6, 6.07) is 2.91. The zero-order chi connectivity index (χ0) is 17.7. The van der Waals surface area contributed by atoms with Gasteiger partial charge in [0.05, 0.1) is 12.1 Å². The van der Waals surface area contributed by atoms with E-state index in [-0.39, 0.29) is 18.4 Å². The van der Waals surface area contributed by atoms with Gasteiger partial charge in [-0.25, -0.2) is 14.8 Å². The minimum atomic E-state index is -0.979. The quantitative estimate of drug-likeness (QED) is 0.763. The summed E-state index contributed by atoms with van der Waals surface area (Å²) in [5.41, 5.74) is 0.534. The fraction of sp³-hybridized carbons (Fsp3) is 0.400. The van der Waals surface area contributed by atoms with E-state index in [0.717, 1.165) is 5.69 Å². The monoisotopic (exact) mass is 332 g/mol. The molecule has 0 aromatic carbocycles. The summed E-state index contributed by atoms with van der Waals surface area (Å²) in [6.45, 7) is 6.04. The maximum Gasteiger partial charge on any atom is 0.320 e. The van der Waals surface area contributed by atoms with Gasteiger partial charge in [-0.1, -0.05) is 20.8 Å². The Kier molecular flexibility index (Phi) is 5.12. The fourth-order valence-corrected chi connectivity index (χ4v) is 1.83. The zero-order valence-corrected chi connectivity index (χ0v) is 13.8. The number of hydrogen-bond donors (Lipinski definition) is 3. The lowest BCUT2D eigenvalue weighted by Crippen LogP contribution is -2.31. The van der Waals surface area contributed by atoms with E-state index < -0.39 is 12.0 Å². The van der Waals surface area contributed by atoms with Crippen LogP contribution in [-0.4, -0.2) is 43.4 Å². The maximum absolute atomic E-state index is 11.9. The van der Waals surface area contributed by atoms with Crippen molar-refractivity contribution in [2.24, 2.45) is 0 Å². The molecule has 9 heteroatoms. The maximum atomic E-state index is 11.9. The van der Waals surface area contributed by atoms with Crippen LogP contribution in [0.5, 0.6) is 0 Å². The molecule has 0 spiro atoms. The van der Waals surface area contributed by atoms with Crippen LogP contribution in [0, 0.1) is 0 Å². The largest absolute Gasteiger partial charge is 0.481 e. The molecule has 0 aliphatic rings. The Balaban J connectivity index is 2.23. The van der Waals surface area contributed by atoms with Crippen LogP contribution in [0.25, 0.3) is 5.95 Å². The van der Waals surface area contributed by atoms with Crippen molar-refractivity contribution < 1.29 is 14.7 Å². The Hall–Kier alpha value is -2.97. The predicted molar refractivity (Wildman–Crippen MR) is 87.1 cm³/mol. The minimum absolute atomic E-state index is 0.0310. The highest BCUT2D eigenvalue weighted by Gasteiger charge is 2.22. The highest BCUT2D eigenvalue weighted by molar-refractivity contribution is 5.88. The molecule has 0 fully saturated rings. The Labute approximate surface area is 139 Å². The first-order chi connectivity index (χ1) is 11.3. The van der Waals surface area contributed by atoms with Crippen LogP contribution in [0.15, 0.2) is 24.5 Å². The second-order valence-electron chi connectivity index (χ2n) is 6.15. The van der Waals surface area contributed by atoms with Crippen LogP contribution >= 0.6 is 0 Å². The first-order valence-electron chi connectivity index (χ1n) is 7.42. The molecule has 2 aromatic rings. The number of anilines is 1. The second-order valence-corrected chi connectivity index (χ2v) is 6.15. The molecule has 0 aliphatic carbocycles. The van der Waals surface area contributed by atoms with E-state index >= 15 is 0 Å². The average Bonchev–Trinajstić information content (AvgIpc) is 2.91. The number of amides is 2. The number of carbonyl (C=O) groups is 2. The molecule has 0 aliphatic heterocycles. The zero-order valence-electron chi connectivity index (χ0n) is 13.8. The number of aromatic nitrogens is 4. The SMILES string of the molecule is CC(C)(C)c1cc(NC(=O)NCCC(=O)O)n(-c2ncccn2)n1.